The van der Waals surface area contributed by atoms with Gasteiger partial charge in [0.1, 0.15) is 0 Å². The van der Waals surface area contributed by atoms with E-state index in [1.165, 1.54) is 0 Å². The van der Waals surface area contributed by atoms with Crippen molar-refractivity contribution in [1.82, 2.24) is 24.8 Å². The lowest BCUT2D eigenvalue weighted by atomic mass is 10.0. The summed E-state index contributed by atoms with van der Waals surface area (Å²) in [6.45, 7) is 6.87. The van der Waals surface area contributed by atoms with Crippen LogP contribution in [0.2, 0.25) is 5.02 Å². The first-order valence-electron chi connectivity index (χ1n) is 9.62. The largest absolute Gasteiger partial charge is 0.373 e. The molecular formula is C21H24ClN5O2. The number of nitrogens with one attached hydrogen (secondary N) is 1. The van der Waals surface area contributed by atoms with Crippen LogP contribution < -0.4 is 5.32 Å². The Kier molecular flexibility index (Phi) is 5.54. The fraction of sp³-hybridized carbons (Fsp3) is 0.381. The molecular weight excluding hydrogens is 390 g/mol. The number of morpholine rings is 1. The molecule has 0 saturated carbocycles. The van der Waals surface area contributed by atoms with Crippen molar-refractivity contribution in [1.29, 1.82) is 0 Å². The highest BCUT2D eigenvalue weighted by atomic mass is 35.5. The number of aromatic nitrogens is 3. The zero-order valence-electron chi connectivity index (χ0n) is 16.5. The van der Waals surface area contributed by atoms with Gasteiger partial charge in [0.15, 0.2) is 0 Å². The third-order valence-electron chi connectivity index (χ3n) is 5.18. The number of fused-ring (bicyclic) bond motifs is 1. The van der Waals surface area contributed by atoms with Gasteiger partial charge in [-0.2, -0.15) is 5.10 Å². The third-order valence-corrected chi connectivity index (χ3v) is 5.43. The first kappa shape index (κ1) is 19.8. The number of ether oxygens (including phenoxy) is 1. The molecule has 1 amide bonds. The highest BCUT2D eigenvalue weighted by molar-refractivity contribution is 6.30. The van der Waals surface area contributed by atoms with Gasteiger partial charge in [0, 0.05) is 37.1 Å². The molecule has 0 bridgehead atoms. The molecule has 1 aliphatic heterocycles. The van der Waals surface area contributed by atoms with E-state index in [9.17, 15) is 4.79 Å². The number of nitrogens with zero attached hydrogens (tertiary/aromatic N) is 4. The fourth-order valence-corrected chi connectivity index (χ4v) is 3.88. The van der Waals surface area contributed by atoms with Gasteiger partial charge in [-0.15, -0.1) is 0 Å². The number of hydrogen-bond acceptors (Lipinski definition) is 5. The maximum atomic E-state index is 12.9. The standard InChI is InChI=1S/C21H24ClN5O2/c1-21(2)14-26(9-10-29-21)18(15-3-5-16(22)6-4-15)13-24-20(28)17-11-25-27-8-7-23-12-19(17)27/h3-8,11-12,18H,9-10,13-14H2,1-2H3,(H,24,28). The lowest BCUT2D eigenvalue weighted by molar-refractivity contribution is -0.0972. The van der Waals surface area contributed by atoms with Gasteiger partial charge in [0.25, 0.3) is 5.91 Å². The van der Waals surface area contributed by atoms with E-state index in [4.69, 9.17) is 16.3 Å². The van der Waals surface area contributed by atoms with Gasteiger partial charge < -0.3 is 10.1 Å². The molecule has 1 aromatic carbocycles. The maximum Gasteiger partial charge on any atom is 0.255 e. The summed E-state index contributed by atoms with van der Waals surface area (Å²) in [5.74, 6) is -0.167. The van der Waals surface area contributed by atoms with Crippen molar-refractivity contribution in [2.75, 3.05) is 26.2 Å². The second-order valence-electron chi connectivity index (χ2n) is 7.82. The predicted molar refractivity (Wildman–Crippen MR) is 111 cm³/mol. The summed E-state index contributed by atoms with van der Waals surface area (Å²) in [6.07, 6.45) is 6.57. The number of rotatable bonds is 5. The minimum atomic E-state index is -0.235. The Morgan fingerprint density at radius 1 is 1.31 bits per heavy atom. The predicted octanol–water partition coefficient (Wildman–Crippen LogP) is 2.96. The smallest absolute Gasteiger partial charge is 0.255 e. The topological polar surface area (TPSA) is 71.8 Å². The van der Waals surface area contributed by atoms with Crippen LogP contribution in [0.5, 0.6) is 0 Å². The zero-order chi connectivity index (χ0) is 20.4. The molecule has 4 rings (SSSR count). The summed E-state index contributed by atoms with van der Waals surface area (Å²) < 4.78 is 7.51. The lowest BCUT2D eigenvalue weighted by Crippen LogP contribution is -2.51. The van der Waals surface area contributed by atoms with E-state index >= 15 is 0 Å². The molecule has 0 aliphatic carbocycles. The maximum absolute atomic E-state index is 12.9. The molecule has 7 nitrogen and oxygen atoms in total. The highest BCUT2D eigenvalue weighted by Gasteiger charge is 2.32. The van der Waals surface area contributed by atoms with Crippen LogP contribution in [0.1, 0.15) is 35.8 Å². The van der Waals surface area contributed by atoms with Crippen LogP contribution in [-0.2, 0) is 4.74 Å². The molecule has 1 N–H and O–H groups in total. The Bertz CT molecular complexity index is 1000. The number of benzene rings is 1. The molecule has 3 aromatic rings. The molecule has 2 aromatic heterocycles. The van der Waals surface area contributed by atoms with Crippen molar-refractivity contribution in [3.05, 3.63) is 65.2 Å². The van der Waals surface area contributed by atoms with Crippen molar-refractivity contribution in [2.24, 2.45) is 0 Å². The first-order chi connectivity index (χ1) is 13.9. The van der Waals surface area contributed by atoms with Gasteiger partial charge in [0.2, 0.25) is 0 Å². The van der Waals surface area contributed by atoms with E-state index in [-0.39, 0.29) is 17.6 Å². The van der Waals surface area contributed by atoms with Crippen LogP contribution in [0.3, 0.4) is 0 Å². The third kappa shape index (κ3) is 4.42. The average molecular weight is 414 g/mol. The van der Waals surface area contributed by atoms with Gasteiger partial charge in [-0.3, -0.25) is 14.7 Å². The number of carbonyl (C=O) groups is 1. The van der Waals surface area contributed by atoms with Crippen LogP contribution in [0, 0.1) is 0 Å². The normalized spacial score (nSPS) is 17.9. The van der Waals surface area contributed by atoms with Crippen LogP contribution in [0.4, 0.5) is 0 Å². The van der Waals surface area contributed by atoms with Gasteiger partial charge in [-0.1, -0.05) is 23.7 Å². The van der Waals surface area contributed by atoms with Gasteiger partial charge in [-0.05, 0) is 31.5 Å². The Balaban J connectivity index is 1.55. The summed E-state index contributed by atoms with van der Waals surface area (Å²) in [6, 6.07) is 7.81. The summed E-state index contributed by atoms with van der Waals surface area (Å²) in [5.41, 5.74) is 2.06. The molecule has 1 saturated heterocycles. The Morgan fingerprint density at radius 3 is 2.86 bits per heavy atom. The number of carbonyl (C=O) groups excluding carboxylic acids is 1. The summed E-state index contributed by atoms with van der Waals surface area (Å²) in [5, 5.41) is 7.99. The summed E-state index contributed by atoms with van der Waals surface area (Å²) in [4.78, 5) is 19.3. The Hall–Kier alpha value is -2.48. The van der Waals surface area contributed by atoms with Crippen molar-refractivity contribution < 1.29 is 9.53 Å². The molecule has 1 aliphatic rings. The van der Waals surface area contributed by atoms with Crippen molar-refractivity contribution >= 4 is 23.0 Å². The zero-order valence-corrected chi connectivity index (χ0v) is 17.3. The quantitative estimate of drug-likeness (QED) is 0.696. The second-order valence-corrected chi connectivity index (χ2v) is 8.26. The van der Waals surface area contributed by atoms with Crippen LogP contribution >= 0.6 is 11.6 Å². The van der Waals surface area contributed by atoms with E-state index < -0.39 is 0 Å². The molecule has 8 heteroatoms. The highest BCUT2D eigenvalue weighted by Crippen LogP contribution is 2.27. The molecule has 3 heterocycles. The van der Waals surface area contributed by atoms with E-state index in [1.807, 2.05) is 24.3 Å². The lowest BCUT2D eigenvalue weighted by Gasteiger charge is -2.42. The van der Waals surface area contributed by atoms with Crippen molar-refractivity contribution in [2.45, 2.75) is 25.5 Å². The minimum Gasteiger partial charge on any atom is -0.373 e. The number of halogens is 1. The molecule has 0 spiro atoms. The van der Waals surface area contributed by atoms with Gasteiger partial charge in [0.05, 0.1) is 41.7 Å². The molecule has 1 atom stereocenters. The van der Waals surface area contributed by atoms with E-state index in [0.717, 1.165) is 18.7 Å². The summed E-state index contributed by atoms with van der Waals surface area (Å²) in [7, 11) is 0. The average Bonchev–Trinajstić information content (AvgIpc) is 3.13. The Morgan fingerprint density at radius 2 is 2.10 bits per heavy atom. The van der Waals surface area contributed by atoms with Gasteiger partial charge in [-0.25, -0.2) is 4.52 Å². The van der Waals surface area contributed by atoms with Gasteiger partial charge >= 0.3 is 0 Å². The van der Waals surface area contributed by atoms with Crippen LogP contribution in [0.25, 0.3) is 5.52 Å². The van der Waals surface area contributed by atoms with Crippen molar-refractivity contribution in [3.8, 4) is 0 Å². The SMILES string of the molecule is CC1(C)CN(C(CNC(=O)c2cnn3ccncc23)c2ccc(Cl)cc2)CCO1. The Labute approximate surface area is 174 Å². The molecule has 29 heavy (non-hydrogen) atoms. The van der Waals surface area contributed by atoms with E-state index in [0.29, 0.717) is 29.3 Å². The molecule has 1 fully saturated rings. The van der Waals surface area contributed by atoms with Crippen molar-refractivity contribution in [3.63, 3.8) is 0 Å². The molecule has 1 unspecified atom stereocenters. The molecule has 152 valence electrons. The van der Waals surface area contributed by atoms with Crippen LogP contribution in [0.15, 0.2) is 49.1 Å². The number of amides is 1. The van der Waals surface area contributed by atoms with E-state index in [1.54, 1.807) is 29.3 Å². The minimum absolute atomic E-state index is 0.0133. The number of hydrogen-bond donors (Lipinski definition) is 1. The first-order valence-corrected chi connectivity index (χ1v) is 10.00. The van der Waals surface area contributed by atoms with Crippen LogP contribution in [-0.4, -0.2) is 57.2 Å². The second kappa shape index (κ2) is 8.10. The molecule has 0 radical (unpaired) electrons. The summed E-state index contributed by atoms with van der Waals surface area (Å²) >= 11 is 6.08. The monoisotopic (exact) mass is 413 g/mol. The van der Waals surface area contributed by atoms with E-state index in [2.05, 4.69) is 34.1 Å². The fourth-order valence-electron chi connectivity index (χ4n) is 3.76.